The number of hydrogen-bond acceptors (Lipinski definition) is 3. The Labute approximate surface area is 133 Å². The first-order chi connectivity index (χ1) is 10.6. The second-order valence-electron chi connectivity index (χ2n) is 5.50. The Morgan fingerprint density at radius 1 is 1.36 bits per heavy atom. The highest BCUT2D eigenvalue weighted by atomic mass is 32.1. The third-order valence-electron chi connectivity index (χ3n) is 3.99. The number of halogens is 1. The molecule has 0 saturated carbocycles. The van der Waals surface area contributed by atoms with Gasteiger partial charge in [-0.2, -0.15) is 0 Å². The lowest BCUT2D eigenvalue weighted by Crippen LogP contribution is -2.26. The largest absolute Gasteiger partial charge is 0.494 e. The van der Waals surface area contributed by atoms with E-state index >= 15 is 0 Å². The summed E-state index contributed by atoms with van der Waals surface area (Å²) in [6.45, 7) is 1.85. The Kier molecular flexibility index (Phi) is 4.16. The van der Waals surface area contributed by atoms with Crippen LogP contribution in [0.15, 0.2) is 24.3 Å². The topological polar surface area (TPSA) is 38.3 Å². The Hall–Kier alpha value is -1.88. The van der Waals surface area contributed by atoms with Gasteiger partial charge in [-0.1, -0.05) is 6.07 Å². The van der Waals surface area contributed by atoms with E-state index in [1.165, 1.54) is 30.0 Å². The molecule has 5 heteroatoms. The molecule has 3 nitrogen and oxygen atoms in total. The lowest BCUT2D eigenvalue weighted by atomic mass is 10.1. The van der Waals surface area contributed by atoms with E-state index in [1.807, 2.05) is 13.0 Å². The number of aryl methyl sites for hydroxylation is 2. The molecule has 1 amide bonds. The lowest BCUT2D eigenvalue weighted by Gasteiger charge is -2.14. The van der Waals surface area contributed by atoms with Gasteiger partial charge in [0, 0.05) is 4.88 Å². The number of hydrogen-bond donors (Lipinski definition) is 1. The predicted octanol–water partition coefficient (Wildman–Crippen LogP) is 3.88. The number of methoxy groups -OCH3 is 1. The number of benzene rings is 1. The molecule has 1 aromatic heterocycles. The van der Waals surface area contributed by atoms with Crippen LogP contribution in [0.2, 0.25) is 0 Å². The minimum Gasteiger partial charge on any atom is -0.494 e. The molecule has 1 heterocycles. The van der Waals surface area contributed by atoms with Gasteiger partial charge in [-0.3, -0.25) is 4.79 Å². The second-order valence-corrected chi connectivity index (χ2v) is 6.64. The van der Waals surface area contributed by atoms with Crippen LogP contribution in [0, 0.1) is 5.82 Å². The van der Waals surface area contributed by atoms with E-state index < -0.39 is 5.82 Å². The van der Waals surface area contributed by atoms with E-state index in [9.17, 15) is 9.18 Å². The zero-order valence-corrected chi connectivity index (χ0v) is 13.4. The van der Waals surface area contributed by atoms with Crippen molar-refractivity contribution in [1.82, 2.24) is 5.32 Å². The number of amides is 1. The van der Waals surface area contributed by atoms with E-state index in [1.54, 1.807) is 23.5 Å². The fourth-order valence-corrected chi connectivity index (χ4v) is 3.90. The summed E-state index contributed by atoms with van der Waals surface area (Å²) in [4.78, 5) is 14.4. The maximum absolute atomic E-state index is 13.7. The molecule has 0 spiro atoms. The second kappa shape index (κ2) is 6.08. The lowest BCUT2D eigenvalue weighted by molar-refractivity contribution is 0.0944. The van der Waals surface area contributed by atoms with Gasteiger partial charge < -0.3 is 10.1 Å². The highest BCUT2D eigenvalue weighted by Crippen LogP contribution is 2.31. The summed E-state index contributed by atoms with van der Waals surface area (Å²) in [6.07, 6.45) is 3.33. The number of carbonyl (C=O) groups is 1. The van der Waals surface area contributed by atoms with E-state index in [-0.39, 0.29) is 17.7 Å². The highest BCUT2D eigenvalue weighted by molar-refractivity contribution is 7.14. The summed E-state index contributed by atoms with van der Waals surface area (Å²) >= 11 is 1.57. The zero-order valence-electron chi connectivity index (χ0n) is 12.6. The summed E-state index contributed by atoms with van der Waals surface area (Å²) in [5.41, 5.74) is 2.02. The first-order valence-electron chi connectivity index (χ1n) is 7.34. The van der Waals surface area contributed by atoms with Crippen LogP contribution in [0.1, 0.15) is 45.1 Å². The fourth-order valence-electron chi connectivity index (χ4n) is 2.74. The minimum absolute atomic E-state index is 0.0943. The molecule has 0 fully saturated rings. The predicted molar refractivity (Wildman–Crippen MR) is 85.2 cm³/mol. The van der Waals surface area contributed by atoms with Crippen LogP contribution in [0.3, 0.4) is 0 Å². The maximum Gasteiger partial charge on any atom is 0.261 e. The summed E-state index contributed by atoms with van der Waals surface area (Å²) in [7, 11) is 1.43. The summed E-state index contributed by atoms with van der Waals surface area (Å²) in [5, 5.41) is 2.93. The third-order valence-corrected chi connectivity index (χ3v) is 5.23. The minimum atomic E-state index is -0.420. The molecule has 0 aliphatic heterocycles. The molecule has 1 aliphatic carbocycles. The number of carbonyl (C=O) groups excluding carboxylic acids is 1. The Morgan fingerprint density at radius 3 is 2.86 bits per heavy atom. The molecular weight excluding hydrogens is 301 g/mol. The smallest absolute Gasteiger partial charge is 0.261 e. The van der Waals surface area contributed by atoms with Crippen LogP contribution in [0.4, 0.5) is 4.39 Å². The van der Waals surface area contributed by atoms with Gasteiger partial charge in [0.25, 0.3) is 5.91 Å². The summed E-state index contributed by atoms with van der Waals surface area (Å²) in [6, 6.07) is 6.47. The van der Waals surface area contributed by atoms with Crippen LogP contribution in [0.5, 0.6) is 5.75 Å². The van der Waals surface area contributed by atoms with Gasteiger partial charge >= 0.3 is 0 Å². The van der Waals surface area contributed by atoms with Crippen LogP contribution < -0.4 is 10.1 Å². The molecule has 3 rings (SSSR count). The van der Waals surface area contributed by atoms with Crippen LogP contribution >= 0.6 is 11.3 Å². The standard InChI is InChI=1S/C17H18FNO2S/c1-10(11-6-7-14(21-2)13(18)8-11)19-17(20)16-9-12-4-3-5-15(12)22-16/h6-10H,3-5H2,1-2H3,(H,19,20)/t10-/m1/s1. The van der Waals surface area contributed by atoms with Crippen molar-refractivity contribution in [3.63, 3.8) is 0 Å². The number of rotatable bonds is 4. The van der Waals surface area contributed by atoms with Gasteiger partial charge in [-0.15, -0.1) is 11.3 Å². The molecule has 0 saturated heterocycles. The monoisotopic (exact) mass is 319 g/mol. The molecule has 1 aromatic carbocycles. The van der Waals surface area contributed by atoms with Gasteiger partial charge in [0.05, 0.1) is 18.0 Å². The number of fused-ring (bicyclic) bond motifs is 1. The average Bonchev–Trinajstić information content (AvgIpc) is 3.08. The number of thiophene rings is 1. The summed E-state index contributed by atoms with van der Waals surface area (Å²) < 4.78 is 18.6. The van der Waals surface area contributed by atoms with Crippen LogP contribution in [-0.4, -0.2) is 13.0 Å². The molecule has 0 unspecified atom stereocenters. The number of nitrogens with one attached hydrogen (secondary N) is 1. The van der Waals surface area contributed by atoms with Crippen molar-refractivity contribution in [2.45, 2.75) is 32.2 Å². The molecule has 116 valence electrons. The molecule has 1 aliphatic rings. The van der Waals surface area contributed by atoms with E-state index in [0.29, 0.717) is 0 Å². The van der Waals surface area contributed by atoms with E-state index in [0.717, 1.165) is 23.3 Å². The van der Waals surface area contributed by atoms with E-state index in [4.69, 9.17) is 4.74 Å². The molecule has 0 bridgehead atoms. The molecule has 2 aromatic rings. The molecule has 22 heavy (non-hydrogen) atoms. The van der Waals surface area contributed by atoms with Crippen molar-refractivity contribution in [3.05, 3.63) is 51.0 Å². The van der Waals surface area contributed by atoms with Crippen molar-refractivity contribution in [2.75, 3.05) is 7.11 Å². The third kappa shape index (κ3) is 2.86. The van der Waals surface area contributed by atoms with Gasteiger partial charge in [0.2, 0.25) is 0 Å². The maximum atomic E-state index is 13.7. The fraction of sp³-hybridized carbons (Fsp3) is 0.353. The molecule has 1 atom stereocenters. The van der Waals surface area contributed by atoms with Crippen molar-refractivity contribution < 1.29 is 13.9 Å². The SMILES string of the molecule is COc1ccc([C@@H](C)NC(=O)c2cc3c(s2)CCC3)cc1F. The van der Waals surface area contributed by atoms with Gasteiger partial charge in [0.15, 0.2) is 11.6 Å². The highest BCUT2D eigenvalue weighted by Gasteiger charge is 2.20. The van der Waals surface area contributed by atoms with Crippen molar-refractivity contribution in [2.24, 2.45) is 0 Å². The van der Waals surface area contributed by atoms with Crippen molar-refractivity contribution >= 4 is 17.2 Å². The zero-order chi connectivity index (χ0) is 15.7. The van der Waals surface area contributed by atoms with Crippen molar-refractivity contribution in [3.8, 4) is 5.75 Å². The van der Waals surface area contributed by atoms with Crippen LogP contribution in [-0.2, 0) is 12.8 Å². The average molecular weight is 319 g/mol. The Bertz CT molecular complexity index is 689. The Morgan fingerprint density at radius 2 is 2.18 bits per heavy atom. The molecule has 1 N–H and O–H groups in total. The normalized spacial score (nSPS) is 14.5. The summed E-state index contributed by atoms with van der Waals surface area (Å²) in [5.74, 6) is -0.309. The van der Waals surface area contributed by atoms with Gasteiger partial charge in [0.1, 0.15) is 0 Å². The quantitative estimate of drug-likeness (QED) is 0.929. The van der Waals surface area contributed by atoms with Gasteiger partial charge in [-0.05, 0) is 55.5 Å². The Balaban J connectivity index is 1.71. The molecule has 0 radical (unpaired) electrons. The van der Waals surface area contributed by atoms with Gasteiger partial charge in [-0.25, -0.2) is 4.39 Å². The first-order valence-corrected chi connectivity index (χ1v) is 8.16. The molecular formula is C17H18FNO2S. The van der Waals surface area contributed by atoms with E-state index in [2.05, 4.69) is 5.32 Å². The first kappa shape index (κ1) is 15.0. The van der Waals surface area contributed by atoms with Crippen LogP contribution in [0.25, 0.3) is 0 Å². The number of ether oxygens (including phenoxy) is 1. The van der Waals surface area contributed by atoms with Crippen molar-refractivity contribution in [1.29, 1.82) is 0 Å².